The molecule has 0 aliphatic rings. The molecule has 0 bridgehead atoms. The fourth-order valence-electron chi connectivity index (χ4n) is 3.60. The molecule has 0 atom stereocenters. The van der Waals surface area contributed by atoms with Crippen molar-refractivity contribution < 1.29 is 14.3 Å². The van der Waals surface area contributed by atoms with Crippen LogP contribution in [0, 0.1) is 0 Å². The summed E-state index contributed by atoms with van der Waals surface area (Å²) in [6.07, 6.45) is 0. The van der Waals surface area contributed by atoms with Crippen LogP contribution in [0.2, 0.25) is 0 Å². The first-order chi connectivity index (χ1) is 14.2. The monoisotopic (exact) mass is 383 g/mol. The summed E-state index contributed by atoms with van der Waals surface area (Å²) in [7, 11) is 2.99. The molecule has 29 heavy (non-hydrogen) atoms. The number of carbonyl (C=O) groups excluding carboxylic acids is 1. The average Bonchev–Trinajstić information content (AvgIpc) is 3.15. The minimum absolute atomic E-state index is 0.247. The molecule has 0 spiro atoms. The van der Waals surface area contributed by atoms with Gasteiger partial charge in [-0.25, -0.2) is 14.8 Å². The Morgan fingerprint density at radius 2 is 1.79 bits per heavy atom. The molecule has 0 saturated heterocycles. The number of pyridine rings is 2. The Kier molecular flexibility index (Phi) is 3.91. The summed E-state index contributed by atoms with van der Waals surface area (Å²) in [6.45, 7) is 0. The van der Waals surface area contributed by atoms with E-state index in [0.717, 1.165) is 38.5 Å². The molecule has 0 fully saturated rings. The molecule has 6 nitrogen and oxygen atoms in total. The molecule has 3 aromatic heterocycles. The molecule has 1 N–H and O–H groups in total. The predicted octanol–water partition coefficient (Wildman–Crippen LogP) is 4.73. The van der Waals surface area contributed by atoms with Crippen molar-refractivity contribution in [3.05, 3.63) is 66.4 Å². The third kappa shape index (κ3) is 2.77. The van der Waals surface area contributed by atoms with Crippen molar-refractivity contribution in [2.75, 3.05) is 14.2 Å². The first-order valence-electron chi connectivity index (χ1n) is 9.13. The standard InChI is InChI=1S/C23H17N3O3/c1-28-14-8-10-17-13(11-14)7-9-19(24-17)22-21-16(12-20(26-22)23(27)29-2)15-5-3-4-6-18(15)25-21/h3-12,25H,1-2H3. The summed E-state index contributed by atoms with van der Waals surface area (Å²) < 4.78 is 10.2. The van der Waals surface area contributed by atoms with Gasteiger partial charge in [-0.2, -0.15) is 0 Å². The van der Waals surface area contributed by atoms with E-state index in [-0.39, 0.29) is 5.69 Å². The lowest BCUT2D eigenvalue weighted by molar-refractivity contribution is 0.0594. The molecule has 142 valence electrons. The Bertz CT molecular complexity index is 1410. The average molecular weight is 383 g/mol. The van der Waals surface area contributed by atoms with E-state index in [4.69, 9.17) is 14.5 Å². The van der Waals surface area contributed by atoms with E-state index in [0.29, 0.717) is 11.4 Å². The van der Waals surface area contributed by atoms with Gasteiger partial charge in [-0.1, -0.05) is 24.3 Å². The Balaban J connectivity index is 1.80. The number of hydrogen-bond acceptors (Lipinski definition) is 5. The Hall–Kier alpha value is -3.93. The number of esters is 1. The van der Waals surface area contributed by atoms with Crippen molar-refractivity contribution in [2.45, 2.75) is 0 Å². The third-order valence-electron chi connectivity index (χ3n) is 5.03. The highest BCUT2D eigenvalue weighted by molar-refractivity contribution is 6.12. The number of aromatic nitrogens is 3. The first kappa shape index (κ1) is 17.2. The van der Waals surface area contributed by atoms with E-state index in [1.54, 1.807) is 13.2 Å². The normalized spacial score (nSPS) is 11.2. The van der Waals surface area contributed by atoms with E-state index in [1.165, 1.54) is 7.11 Å². The van der Waals surface area contributed by atoms with E-state index in [1.807, 2.05) is 54.6 Å². The maximum Gasteiger partial charge on any atom is 0.356 e. The van der Waals surface area contributed by atoms with Crippen LogP contribution < -0.4 is 4.74 Å². The molecule has 2 aromatic carbocycles. The quantitative estimate of drug-likeness (QED) is 0.456. The number of carbonyl (C=O) groups is 1. The lowest BCUT2D eigenvalue weighted by atomic mass is 10.1. The van der Waals surface area contributed by atoms with Crippen molar-refractivity contribution in [1.82, 2.24) is 15.0 Å². The second-order valence-corrected chi connectivity index (χ2v) is 6.70. The highest BCUT2D eigenvalue weighted by atomic mass is 16.5. The summed E-state index contributed by atoms with van der Waals surface area (Å²) in [4.78, 5) is 25.0. The van der Waals surface area contributed by atoms with Gasteiger partial charge < -0.3 is 14.5 Å². The zero-order chi connectivity index (χ0) is 20.0. The van der Waals surface area contributed by atoms with Crippen LogP contribution in [-0.4, -0.2) is 35.1 Å². The molecule has 0 saturated carbocycles. The number of aromatic amines is 1. The second kappa shape index (κ2) is 6.60. The van der Waals surface area contributed by atoms with Crippen molar-refractivity contribution in [1.29, 1.82) is 0 Å². The smallest absolute Gasteiger partial charge is 0.356 e. The van der Waals surface area contributed by atoms with Gasteiger partial charge in [0, 0.05) is 21.7 Å². The van der Waals surface area contributed by atoms with Gasteiger partial charge in [0.1, 0.15) is 17.1 Å². The summed E-state index contributed by atoms with van der Waals surface area (Å²) in [5, 5.41) is 2.88. The van der Waals surface area contributed by atoms with Gasteiger partial charge >= 0.3 is 5.97 Å². The zero-order valence-electron chi connectivity index (χ0n) is 15.9. The van der Waals surface area contributed by atoms with Crippen LogP contribution in [-0.2, 0) is 4.74 Å². The van der Waals surface area contributed by atoms with E-state index in [2.05, 4.69) is 9.97 Å². The van der Waals surface area contributed by atoms with Crippen molar-refractivity contribution in [3.8, 4) is 17.1 Å². The number of rotatable bonds is 3. The predicted molar refractivity (Wildman–Crippen MR) is 112 cm³/mol. The number of ether oxygens (including phenoxy) is 2. The minimum atomic E-state index is -0.482. The fraction of sp³-hybridized carbons (Fsp3) is 0.0870. The highest BCUT2D eigenvalue weighted by Gasteiger charge is 2.18. The van der Waals surface area contributed by atoms with Gasteiger partial charge in [0.15, 0.2) is 0 Å². The maximum absolute atomic E-state index is 12.3. The zero-order valence-corrected chi connectivity index (χ0v) is 15.9. The molecule has 5 rings (SSSR count). The molecule has 0 aliphatic heterocycles. The van der Waals surface area contributed by atoms with Crippen LogP contribution in [0.1, 0.15) is 10.5 Å². The number of hydrogen-bond donors (Lipinski definition) is 1. The number of para-hydroxylation sites is 1. The number of H-pyrrole nitrogens is 1. The molecule has 0 radical (unpaired) electrons. The Morgan fingerprint density at radius 3 is 2.62 bits per heavy atom. The van der Waals surface area contributed by atoms with Crippen LogP contribution >= 0.6 is 0 Å². The van der Waals surface area contributed by atoms with Gasteiger partial charge in [0.2, 0.25) is 0 Å². The molecule has 3 heterocycles. The van der Waals surface area contributed by atoms with Crippen LogP contribution in [0.3, 0.4) is 0 Å². The van der Waals surface area contributed by atoms with Gasteiger partial charge in [-0.15, -0.1) is 0 Å². The second-order valence-electron chi connectivity index (χ2n) is 6.70. The van der Waals surface area contributed by atoms with Gasteiger partial charge in [0.25, 0.3) is 0 Å². The Labute approximate surface area is 166 Å². The Morgan fingerprint density at radius 1 is 0.931 bits per heavy atom. The van der Waals surface area contributed by atoms with Gasteiger partial charge in [0.05, 0.1) is 30.9 Å². The van der Waals surface area contributed by atoms with Crippen molar-refractivity contribution in [2.24, 2.45) is 0 Å². The fourth-order valence-corrected chi connectivity index (χ4v) is 3.60. The number of benzene rings is 2. The maximum atomic E-state index is 12.3. The highest BCUT2D eigenvalue weighted by Crippen LogP contribution is 2.33. The molecule has 5 aromatic rings. The number of nitrogens with zero attached hydrogens (tertiary/aromatic N) is 2. The van der Waals surface area contributed by atoms with E-state index in [9.17, 15) is 4.79 Å². The third-order valence-corrected chi connectivity index (χ3v) is 5.03. The summed E-state index contributed by atoms with van der Waals surface area (Å²) in [6, 6.07) is 19.3. The minimum Gasteiger partial charge on any atom is -0.497 e. The number of methoxy groups -OCH3 is 2. The van der Waals surface area contributed by atoms with E-state index < -0.39 is 5.97 Å². The SMILES string of the molecule is COC(=O)c1cc2c([nH]c3ccccc32)c(-c2ccc3cc(OC)ccc3n2)n1. The molecular formula is C23H17N3O3. The van der Waals surface area contributed by atoms with Crippen LogP contribution in [0.15, 0.2) is 60.7 Å². The largest absolute Gasteiger partial charge is 0.497 e. The summed E-state index contributed by atoms with van der Waals surface area (Å²) >= 11 is 0. The van der Waals surface area contributed by atoms with Gasteiger partial charge in [-0.05, 0) is 36.4 Å². The molecule has 6 heteroatoms. The number of nitrogens with one attached hydrogen (secondary N) is 1. The number of fused-ring (bicyclic) bond motifs is 4. The van der Waals surface area contributed by atoms with Crippen molar-refractivity contribution in [3.63, 3.8) is 0 Å². The lowest BCUT2D eigenvalue weighted by Gasteiger charge is -2.08. The molecule has 0 aliphatic carbocycles. The van der Waals surface area contributed by atoms with Crippen molar-refractivity contribution >= 4 is 38.7 Å². The van der Waals surface area contributed by atoms with Gasteiger partial charge in [-0.3, -0.25) is 0 Å². The molecule has 0 unspecified atom stereocenters. The van der Waals surface area contributed by atoms with Crippen LogP contribution in [0.25, 0.3) is 44.1 Å². The lowest BCUT2D eigenvalue weighted by Crippen LogP contribution is -2.05. The van der Waals surface area contributed by atoms with Crippen LogP contribution in [0.4, 0.5) is 0 Å². The van der Waals surface area contributed by atoms with Crippen LogP contribution in [0.5, 0.6) is 5.75 Å². The van der Waals surface area contributed by atoms with E-state index >= 15 is 0 Å². The molecule has 0 amide bonds. The molecular weight excluding hydrogens is 366 g/mol. The first-order valence-corrected chi connectivity index (χ1v) is 9.13. The topological polar surface area (TPSA) is 77.1 Å². The summed E-state index contributed by atoms with van der Waals surface area (Å²) in [5.74, 6) is 0.292. The summed E-state index contributed by atoms with van der Waals surface area (Å²) in [5.41, 5.74) is 4.15.